The lowest BCUT2D eigenvalue weighted by Crippen LogP contribution is -2.10. The first-order valence-corrected chi connectivity index (χ1v) is 13.6. The highest BCUT2D eigenvalue weighted by Gasteiger charge is 1.94. The number of hydrogen-bond acceptors (Lipinski definition) is 2. The molecular formula is C29H48N4. The van der Waals surface area contributed by atoms with Crippen LogP contribution in [0.3, 0.4) is 0 Å². The Morgan fingerprint density at radius 2 is 0.848 bits per heavy atom. The van der Waals surface area contributed by atoms with Gasteiger partial charge in [-0.15, -0.1) is 0 Å². The number of unbranched alkanes of at least 4 members (excludes halogenated alkanes) is 10. The molecule has 0 amide bonds. The molecule has 0 N–H and O–H groups in total. The summed E-state index contributed by atoms with van der Waals surface area (Å²) in [5.41, 5.74) is 0. The summed E-state index contributed by atoms with van der Waals surface area (Å²) >= 11 is 0. The van der Waals surface area contributed by atoms with Crippen molar-refractivity contribution in [2.75, 3.05) is 13.1 Å². The van der Waals surface area contributed by atoms with E-state index in [1.165, 1.54) is 77.0 Å². The number of aromatic nitrogens is 2. The molecule has 2 aromatic heterocycles. The zero-order chi connectivity index (χ0) is 23.4. The van der Waals surface area contributed by atoms with Crippen molar-refractivity contribution in [1.82, 2.24) is 9.13 Å². The van der Waals surface area contributed by atoms with E-state index in [0.717, 1.165) is 43.3 Å². The SMILES string of the molecule is CCCCCCCCN=c1ccn(CCCn2ccc(=NCCCCCCCC)cc2)cc1. The Bertz CT molecular complexity index is 750. The van der Waals surface area contributed by atoms with Crippen LogP contribution in [0.1, 0.15) is 97.3 Å². The topological polar surface area (TPSA) is 34.6 Å². The van der Waals surface area contributed by atoms with Crippen LogP contribution < -0.4 is 10.7 Å². The van der Waals surface area contributed by atoms with Crippen LogP contribution in [0, 0.1) is 0 Å². The van der Waals surface area contributed by atoms with Crippen LogP contribution in [0.5, 0.6) is 0 Å². The van der Waals surface area contributed by atoms with Crippen LogP contribution in [0.2, 0.25) is 0 Å². The summed E-state index contributed by atoms with van der Waals surface area (Å²) < 4.78 is 4.52. The molecule has 33 heavy (non-hydrogen) atoms. The number of hydrogen-bond donors (Lipinski definition) is 0. The van der Waals surface area contributed by atoms with Gasteiger partial charge in [0.25, 0.3) is 0 Å². The highest BCUT2D eigenvalue weighted by Crippen LogP contribution is 2.05. The van der Waals surface area contributed by atoms with Gasteiger partial charge in [0.15, 0.2) is 0 Å². The number of pyridine rings is 2. The summed E-state index contributed by atoms with van der Waals surface area (Å²) in [5.74, 6) is 0. The van der Waals surface area contributed by atoms with E-state index in [-0.39, 0.29) is 0 Å². The molecule has 2 aromatic rings. The molecule has 0 saturated carbocycles. The van der Waals surface area contributed by atoms with Crippen molar-refractivity contribution in [1.29, 1.82) is 0 Å². The smallest absolute Gasteiger partial charge is 0.0603 e. The monoisotopic (exact) mass is 452 g/mol. The molecule has 0 bridgehead atoms. The van der Waals surface area contributed by atoms with Crippen LogP contribution in [0.15, 0.2) is 59.0 Å². The normalized spacial score (nSPS) is 11.0. The van der Waals surface area contributed by atoms with Crippen LogP contribution in [0.25, 0.3) is 0 Å². The molecule has 4 heteroatoms. The van der Waals surface area contributed by atoms with Gasteiger partial charge < -0.3 is 9.13 Å². The van der Waals surface area contributed by atoms with Crippen molar-refractivity contribution in [3.63, 3.8) is 0 Å². The maximum absolute atomic E-state index is 4.72. The zero-order valence-corrected chi connectivity index (χ0v) is 21.4. The third kappa shape index (κ3) is 13.3. The van der Waals surface area contributed by atoms with Crippen LogP contribution in [0.4, 0.5) is 0 Å². The molecule has 0 radical (unpaired) electrons. The molecule has 184 valence electrons. The van der Waals surface area contributed by atoms with Crippen LogP contribution in [-0.2, 0) is 13.1 Å². The fourth-order valence-corrected chi connectivity index (χ4v) is 4.04. The predicted molar refractivity (Wildman–Crippen MR) is 141 cm³/mol. The highest BCUT2D eigenvalue weighted by molar-refractivity contribution is 4.94. The Hall–Kier alpha value is -2.10. The van der Waals surface area contributed by atoms with E-state index in [2.05, 4.69) is 72.0 Å². The molecule has 0 spiro atoms. The van der Waals surface area contributed by atoms with Gasteiger partial charge in [0, 0.05) is 51.0 Å². The Labute approximate surface area is 202 Å². The molecule has 0 unspecified atom stereocenters. The van der Waals surface area contributed by atoms with Gasteiger partial charge in [-0.25, -0.2) is 0 Å². The fourth-order valence-electron chi connectivity index (χ4n) is 4.04. The average molecular weight is 453 g/mol. The Morgan fingerprint density at radius 3 is 1.24 bits per heavy atom. The van der Waals surface area contributed by atoms with E-state index in [1.54, 1.807) is 0 Å². The van der Waals surface area contributed by atoms with E-state index < -0.39 is 0 Å². The van der Waals surface area contributed by atoms with Crippen molar-refractivity contribution < 1.29 is 0 Å². The van der Waals surface area contributed by atoms with E-state index in [4.69, 9.17) is 9.98 Å². The third-order valence-electron chi connectivity index (χ3n) is 6.19. The summed E-state index contributed by atoms with van der Waals surface area (Å²) in [6.07, 6.45) is 25.6. The third-order valence-corrected chi connectivity index (χ3v) is 6.19. The van der Waals surface area contributed by atoms with Gasteiger partial charge in [-0.1, -0.05) is 78.1 Å². The number of rotatable bonds is 18. The Morgan fingerprint density at radius 1 is 0.485 bits per heavy atom. The molecule has 2 heterocycles. The van der Waals surface area contributed by atoms with Gasteiger partial charge >= 0.3 is 0 Å². The van der Waals surface area contributed by atoms with Gasteiger partial charge in [-0.3, -0.25) is 9.98 Å². The first-order valence-electron chi connectivity index (χ1n) is 13.6. The highest BCUT2D eigenvalue weighted by atomic mass is 15.0. The molecule has 0 aliphatic rings. The Balaban J connectivity index is 1.62. The van der Waals surface area contributed by atoms with Crippen LogP contribution in [-0.4, -0.2) is 22.2 Å². The molecule has 0 saturated heterocycles. The van der Waals surface area contributed by atoms with Gasteiger partial charge in [0.2, 0.25) is 0 Å². The standard InChI is InChI=1S/C29H48N4/c1-3-5-7-9-11-13-20-30-28-16-24-32(25-17-28)22-15-23-33-26-18-29(19-27-33)31-21-14-12-10-8-6-4-2/h16-19,24-27H,3-15,20-23H2,1-2H3. The van der Waals surface area contributed by atoms with Crippen molar-refractivity contribution in [3.05, 3.63) is 59.8 Å². The summed E-state index contributed by atoms with van der Waals surface area (Å²) in [5, 5.41) is 2.21. The van der Waals surface area contributed by atoms with Crippen molar-refractivity contribution in [2.45, 2.75) is 110 Å². The zero-order valence-electron chi connectivity index (χ0n) is 21.4. The molecule has 0 fully saturated rings. The first kappa shape index (κ1) is 27.1. The van der Waals surface area contributed by atoms with Gasteiger partial charge in [-0.2, -0.15) is 0 Å². The molecular weight excluding hydrogens is 404 g/mol. The predicted octanol–water partition coefficient (Wildman–Crippen LogP) is 6.90. The van der Waals surface area contributed by atoms with Crippen molar-refractivity contribution in [3.8, 4) is 0 Å². The largest absolute Gasteiger partial charge is 0.354 e. The Kier molecular flexibility index (Phi) is 15.1. The second kappa shape index (κ2) is 18.3. The molecule has 4 nitrogen and oxygen atoms in total. The van der Waals surface area contributed by atoms with Crippen LogP contribution >= 0.6 is 0 Å². The maximum atomic E-state index is 4.72. The number of nitrogens with zero attached hydrogens (tertiary/aromatic N) is 4. The molecule has 0 atom stereocenters. The van der Waals surface area contributed by atoms with Gasteiger partial charge in [-0.05, 0) is 43.5 Å². The lowest BCUT2D eigenvalue weighted by Gasteiger charge is -2.08. The first-order chi connectivity index (χ1) is 16.3. The van der Waals surface area contributed by atoms with Crippen molar-refractivity contribution >= 4 is 0 Å². The fraction of sp³-hybridized carbons (Fsp3) is 0.655. The van der Waals surface area contributed by atoms with E-state index in [1.807, 2.05) is 0 Å². The summed E-state index contributed by atoms with van der Waals surface area (Å²) in [7, 11) is 0. The molecule has 0 aliphatic carbocycles. The maximum Gasteiger partial charge on any atom is 0.0603 e. The second-order valence-corrected chi connectivity index (χ2v) is 9.24. The van der Waals surface area contributed by atoms with Crippen molar-refractivity contribution in [2.24, 2.45) is 9.98 Å². The summed E-state index contributed by atoms with van der Waals surface area (Å²) in [4.78, 5) is 9.44. The van der Waals surface area contributed by atoms with E-state index in [9.17, 15) is 0 Å². The molecule has 0 aromatic carbocycles. The molecule has 2 rings (SSSR count). The lowest BCUT2D eigenvalue weighted by atomic mass is 10.1. The lowest BCUT2D eigenvalue weighted by molar-refractivity contribution is 0.558. The van der Waals surface area contributed by atoms with E-state index >= 15 is 0 Å². The minimum Gasteiger partial charge on any atom is -0.354 e. The number of aryl methyl sites for hydroxylation is 2. The van der Waals surface area contributed by atoms with Gasteiger partial charge in [0.1, 0.15) is 0 Å². The molecule has 0 aliphatic heterocycles. The summed E-state index contributed by atoms with van der Waals surface area (Å²) in [6, 6.07) is 8.57. The minimum atomic E-state index is 0.952. The average Bonchev–Trinajstić information content (AvgIpc) is 2.85. The van der Waals surface area contributed by atoms with E-state index in [0.29, 0.717) is 0 Å². The summed E-state index contributed by atoms with van der Waals surface area (Å²) in [6.45, 7) is 8.48. The quantitative estimate of drug-likeness (QED) is 0.220. The van der Waals surface area contributed by atoms with Gasteiger partial charge in [0.05, 0.1) is 10.7 Å². The second-order valence-electron chi connectivity index (χ2n) is 9.24. The minimum absolute atomic E-state index is 0.952.